The molecule has 0 fully saturated rings. The minimum absolute atomic E-state index is 0.130. The number of amides is 1. The van der Waals surface area contributed by atoms with Crippen LogP contribution in [0.4, 0.5) is 5.69 Å². The molecule has 1 aromatic heterocycles. The van der Waals surface area contributed by atoms with Crippen LogP contribution in [0.1, 0.15) is 61.0 Å². The van der Waals surface area contributed by atoms with Crippen molar-refractivity contribution < 1.29 is 4.79 Å². The highest BCUT2D eigenvalue weighted by atomic mass is 79.9. The summed E-state index contributed by atoms with van der Waals surface area (Å²) >= 11 is 3.28. The van der Waals surface area contributed by atoms with Crippen molar-refractivity contribution in [1.29, 1.82) is 0 Å². The summed E-state index contributed by atoms with van der Waals surface area (Å²) in [7, 11) is 0. The Bertz CT molecular complexity index is 637. The maximum Gasteiger partial charge on any atom is 0.257 e. The van der Waals surface area contributed by atoms with Crippen LogP contribution in [0, 0.1) is 0 Å². The van der Waals surface area contributed by atoms with Crippen LogP contribution in [0.2, 0.25) is 0 Å². The number of benzene rings is 1. The van der Waals surface area contributed by atoms with Gasteiger partial charge in [-0.2, -0.15) is 0 Å². The summed E-state index contributed by atoms with van der Waals surface area (Å²) in [4.78, 5) is 16.6. The van der Waals surface area contributed by atoms with E-state index >= 15 is 0 Å². The molecule has 0 aliphatic rings. The molecule has 0 unspecified atom stereocenters. The molecule has 2 rings (SSSR count). The van der Waals surface area contributed by atoms with Crippen molar-refractivity contribution in [2.75, 3.05) is 5.32 Å². The lowest BCUT2D eigenvalue weighted by Crippen LogP contribution is -2.16. The second-order valence-corrected chi connectivity index (χ2v) is 6.76. The molecule has 0 spiro atoms. The third-order valence-electron chi connectivity index (χ3n) is 3.60. The van der Waals surface area contributed by atoms with Crippen molar-refractivity contribution in [1.82, 2.24) is 4.98 Å². The molecule has 1 N–H and O–H groups in total. The quantitative estimate of drug-likeness (QED) is 0.747. The fraction of sp³-hybridized carbons (Fsp3) is 0.333. The van der Waals surface area contributed by atoms with Gasteiger partial charge in [0.2, 0.25) is 0 Å². The van der Waals surface area contributed by atoms with E-state index in [0.717, 1.165) is 21.4 Å². The third kappa shape index (κ3) is 3.74. The number of nitrogens with one attached hydrogen (secondary N) is 1. The van der Waals surface area contributed by atoms with Crippen LogP contribution in [0.3, 0.4) is 0 Å². The molecule has 0 bridgehead atoms. The summed E-state index contributed by atoms with van der Waals surface area (Å²) in [5.41, 5.74) is 3.80. The predicted octanol–water partition coefficient (Wildman–Crippen LogP) is 5.34. The van der Waals surface area contributed by atoms with Crippen molar-refractivity contribution in [3.05, 3.63) is 57.8 Å². The van der Waals surface area contributed by atoms with E-state index in [2.05, 4.69) is 72.1 Å². The normalized spacial score (nSPS) is 11.0. The first kappa shape index (κ1) is 16.7. The molecular weight excluding hydrogens is 340 g/mol. The Morgan fingerprint density at radius 1 is 1.05 bits per heavy atom. The van der Waals surface area contributed by atoms with Gasteiger partial charge in [0.15, 0.2) is 0 Å². The van der Waals surface area contributed by atoms with E-state index in [0.29, 0.717) is 17.4 Å². The maximum atomic E-state index is 12.5. The van der Waals surface area contributed by atoms with Gasteiger partial charge >= 0.3 is 0 Å². The van der Waals surface area contributed by atoms with Crippen LogP contribution >= 0.6 is 15.9 Å². The van der Waals surface area contributed by atoms with Crippen molar-refractivity contribution >= 4 is 27.5 Å². The van der Waals surface area contributed by atoms with Crippen molar-refractivity contribution in [2.45, 2.75) is 39.5 Å². The molecular formula is C18H21BrN2O. The number of aromatic nitrogens is 1. The van der Waals surface area contributed by atoms with Crippen LogP contribution in [-0.2, 0) is 0 Å². The molecule has 2 aromatic rings. The van der Waals surface area contributed by atoms with E-state index in [-0.39, 0.29) is 5.91 Å². The van der Waals surface area contributed by atoms with Crippen LogP contribution in [0.15, 0.2) is 41.1 Å². The molecule has 1 amide bonds. The Labute approximate surface area is 140 Å². The molecule has 0 radical (unpaired) electrons. The third-order valence-corrected chi connectivity index (χ3v) is 4.07. The van der Waals surface area contributed by atoms with Gasteiger partial charge in [0.25, 0.3) is 5.91 Å². The second kappa shape index (κ2) is 7.05. The van der Waals surface area contributed by atoms with Gasteiger partial charge in [0, 0.05) is 11.9 Å². The zero-order chi connectivity index (χ0) is 16.3. The van der Waals surface area contributed by atoms with Crippen LogP contribution in [-0.4, -0.2) is 10.9 Å². The minimum atomic E-state index is -0.130. The molecule has 4 heteroatoms. The molecule has 0 aliphatic carbocycles. The highest BCUT2D eigenvalue weighted by molar-refractivity contribution is 9.10. The topological polar surface area (TPSA) is 42.0 Å². The summed E-state index contributed by atoms with van der Waals surface area (Å²) in [5, 5.41) is 3.08. The van der Waals surface area contributed by atoms with Gasteiger partial charge in [-0.05, 0) is 51.0 Å². The number of carbonyl (C=O) groups is 1. The monoisotopic (exact) mass is 360 g/mol. The van der Waals surface area contributed by atoms with E-state index in [9.17, 15) is 4.79 Å². The number of hydrogen-bond acceptors (Lipinski definition) is 2. The highest BCUT2D eigenvalue weighted by Crippen LogP contribution is 2.32. The molecule has 0 saturated heterocycles. The van der Waals surface area contributed by atoms with E-state index < -0.39 is 0 Å². The standard InChI is InChI=1S/C18H21BrN2O/c1-11(2)14-6-5-7-15(12(3)4)17(14)21-18(22)13-8-9-16(19)20-10-13/h5-12H,1-4H3,(H,21,22). The molecule has 0 aliphatic heterocycles. The van der Waals surface area contributed by atoms with Gasteiger partial charge in [0.05, 0.1) is 5.56 Å². The first-order chi connectivity index (χ1) is 10.4. The number of rotatable bonds is 4. The Hall–Kier alpha value is -1.68. The molecule has 1 aromatic carbocycles. The second-order valence-electron chi connectivity index (χ2n) is 5.94. The van der Waals surface area contributed by atoms with E-state index in [4.69, 9.17) is 0 Å². The Morgan fingerprint density at radius 3 is 2.09 bits per heavy atom. The highest BCUT2D eigenvalue weighted by Gasteiger charge is 2.16. The van der Waals surface area contributed by atoms with Gasteiger partial charge in [0.1, 0.15) is 4.60 Å². The number of hydrogen-bond donors (Lipinski definition) is 1. The van der Waals surface area contributed by atoms with E-state index in [1.165, 1.54) is 0 Å². The average molecular weight is 361 g/mol. The zero-order valence-electron chi connectivity index (χ0n) is 13.4. The minimum Gasteiger partial charge on any atom is -0.321 e. The molecule has 116 valence electrons. The first-order valence-electron chi connectivity index (χ1n) is 7.46. The Kier molecular flexibility index (Phi) is 5.35. The first-order valence-corrected chi connectivity index (χ1v) is 8.25. The fourth-order valence-corrected chi connectivity index (χ4v) is 2.63. The summed E-state index contributed by atoms with van der Waals surface area (Å²) in [6.45, 7) is 8.54. The van der Waals surface area contributed by atoms with Gasteiger partial charge in [-0.15, -0.1) is 0 Å². The van der Waals surface area contributed by atoms with Gasteiger partial charge < -0.3 is 5.32 Å². The van der Waals surface area contributed by atoms with E-state index in [1.807, 2.05) is 0 Å². The molecule has 3 nitrogen and oxygen atoms in total. The molecule has 0 saturated carbocycles. The fourth-order valence-electron chi connectivity index (χ4n) is 2.39. The number of nitrogens with zero attached hydrogens (tertiary/aromatic N) is 1. The van der Waals surface area contributed by atoms with Crippen molar-refractivity contribution in [3.8, 4) is 0 Å². The van der Waals surface area contributed by atoms with Crippen molar-refractivity contribution in [2.24, 2.45) is 0 Å². The summed E-state index contributed by atoms with van der Waals surface area (Å²) in [6.07, 6.45) is 1.58. The van der Waals surface area contributed by atoms with Crippen LogP contribution < -0.4 is 5.32 Å². The van der Waals surface area contributed by atoms with Crippen molar-refractivity contribution in [3.63, 3.8) is 0 Å². The maximum absolute atomic E-state index is 12.5. The molecule has 1 heterocycles. The number of carbonyl (C=O) groups excluding carboxylic acids is 1. The zero-order valence-corrected chi connectivity index (χ0v) is 14.9. The smallest absolute Gasteiger partial charge is 0.257 e. The predicted molar refractivity (Wildman–Crippen MR) is 94.5 cm³/mol. The molecule has 22 heavy (non-hydrogen) atoms. The number of anilines is 1. The molecule has 0 atom stereocenters. The Balaban J connectivity index is 2.39. The lowest BCUT2D eigenvalue weighted by atomic mass is 9.92. The number of halogens is 1. The van der Waals surface area contributed by atoms with Crippen LogP contribution in [0.5, 0.6) is 0 Å². The summed E-state index contributed by atoms with van der Waals surface area (Å²) in [6, 6.07) is 9.74. The van der Waals surface area contributed by atoms with Gasteiger partial charge in [-0.3, -0.25) is 4.79 Å². The lowest BCUT2D eigenvalue weighted by molar-refractivity contribution is 0.102. The van der Waals surface area contributed by atoms with Gasteiger partial charge in [-0.25, -0.2) is 4.98 Å². The van der Waals surface area contributed by atoms with E-state index in [1.54, 1.807) is 18.3 Å². The average Bonchev–Trinajstić information content (AvgIpc) is 2.47. The largest absolute Gasteiger partial charge is 0.321 e. The number of para-hydroxylation sites is 1. The van der Waals surface area contributed by atoms with Gasteiger partial charge in [-0.1, -0.05) is 45.9 Å². The summed E-state index contributed by atoms with van der Waals surface area (Å²) in [5.74, 6) is 0.559. The lowest BCUT2D eigenvalue weighted by Gasteiger charge is -2.20. The summed E-state index contributed by atoms with van der Waals surface area (Å²) < 4.78 is 0.717. The SMILES string of the molecule is CC(C)c1cccc(C(C)C)c1NC(=O)c1ccc(Br)nc1. The number of pyridine rings is 1. The van der Waals surface area contributed by atoms with Crippen LogP contribution in [0.25, 0.3) is 0 Å². The Morgan fingerprint density at radius 2 is 1.64 bits per heavy atom.